The average molecular weight is 187 g/mol. The molecule has 0 aliphatic carbocycles. The number of hydrogen-bond donors (Lipinski definition) is 1. The zero-order valence-corrected chi connectivity index (χ0v) is 8.42. The molecule has 0 spiro atoms. The van der Waals surface area contributed by atoms with Crippen LogP contribution in [0.25, 0.3) is 0 Å². The molecule has 13 heavy (non-hydrogen) atoms. The highest BCUT2D eigenvalue weighted by atomic mass is 16.6. The first-order valence-electron chi connectivity index (χ1n) is 4.54. The van der Waals surface area contributed by atoms with Crippen molar-refractivity contribution in [3.63, 3.8) is 0 Å². The molecule has 4 heteroatoms. The Labute approximate surface area is 78.6 Å². The van der Waals surface area contributed by atoms with Crippen LogP contribution in [0.1, 0.15) is 20.3 Å². The minimum absolute atomic E-state index is 0.0671. The monoisotopic (exact) mass is 187 g/mol. The second-order valence-electron chi connectivity index (χ2n) is 3.63. The van der Waals surface area contributed by atoms with Crippen molar-refractivity contribution in [3.8, 4) is 0 Å². The maximum absolute atomic E-state index is 11.7. The van der Waals surface area contributed by atoms with Crippen LogP contribution in [0.3, 0.4) is 0 Å². The Hall–Kier alpha value is -0.610. The van der Waals surface area contributed by atoms with Gasteiger partial charge in [0, 0.05) is 19.6 Å². The highest BCUT2D eigenvalue weighted by molar-refractivity contribution is 5.85. The second kappa shape index (κ2) is 4.07. The van der Waals surface area contributed by atoms with Gasteiger partial charge in [-0.15, -0.1) is 0 Å². The van der Waals surface area contributed by atoms with Crippen LogP contribution in [0.4, 0.5) is 0 Å². The third-order valence-electron chi connectivity index (χ3n) is 2.21. The highest BCUT2D eigenvalue weighted by Crippen LogP contribution is 2.22. The molecule has 0 radical (unpaired) electrons. The SMILES string of the molecule is COC1(C(=O)NC(C)C)CCOC1. The van der Waals surface area contributed by atoms with Gasteiger partial charge in [-0.2, -0.15) is 0 Å². The summed E-state index contributed by atoms with van der Waals surface area (Å²) in [6.07, 6.45) is 0.641. The fourth-order valence-corrected chi connectivity index (χ4v) is 1.37. The summed E-state index contributed by atoms with van der Waals surface area (Å²) >= 11 is 0. The van der Waals surface area contributed by atoms with E-state index in [0.717, 1.165) is 0 Å². The van der Waals surface area contributed by atoms with E-state index in [0.29, 0.717) is 19.6 Å². The molecule has 0 saturated carbocycles. The molecule has 1 amide bonds. The lowest BCUT2D eigenvalue weighted by atomic mass is 10.0. The van der Waals surface area contributed by atoms with E-state index in [9.17, 15) is 4.79 Å². The van der Waals surface area contributed by atoms with E-state index < -0.39 is 5.60 Å². The van der Waals surface area contributed by atoms with E-state index in [1.807, 2.05) is 13.8 Å². The van der Waals surface area contributed by atoms with Gasteiger partial charge in [-0.3, -0.25) is 4.79 Å². The molecule has 1 atom stereocenters. The molecule has 0 aromatic carbocycles. The Kier molecular flexibility index (Phi) is 3.27. The molecular weight excluding hydrogens is 170 g/mol. The molecule has 76 valence electrons. The summed E-state index contributed by atoms with van der Waals surface area (Å²) in [7, 11) is 1.55. The van der Waals surface area contributed by atoms with Crippen LogP contribution in [0.2, 0.25) is 0 Å². The summed E-state index contributed by atoms with van der Waals surface area (Å²) in [5.74, 6) is -0.0671. The first kappa shape index (κ1) is 10.5. The van der Waals surface area contributed by atoms with Crippen molar-refractivity contribution in [1.29, 1.82) is 0 Å². The van der Waals surface area contributed by atoms with Crippen LogP contribution in [-0.2, 0) is 14.3 Å². The van der Waals surface area contributed by atoms with E-state index in [-0.39, 0.29) is 11.9 Å². The Morgan fingerprint density at radius 3 is 2.69 bits per heavy atom. The van der Waals surface area contributed by atoms with E-state index in [2.05, 4.69) is 5.32 Å². The predicted molar refractivity (Wildman–Crippen MR) is 48.5 cm³/mol. The van der Waals surface area contributed by atoms with Crippen LogP contribution < -0.4 is 5.32 Å². The quantitative estimate of drug-likeness (QED) is 0.692. The van der Waals surface area contributed by atoms with E-state index >= 15 is 0 Å². The van der Waals surface area contributed by atoms with E-state index in [1.54, 1.807) is 7.11 Å². The molecule has 1 aliphatic rings. The van der Waals surface area contributed by atoms with Crippen molar-refractivity contribution in [1.82, 2.24) is 5.32 Å². The first-order valence-corrected chi connectivity index (χ1v) is 4.54. The smallest absolute Gasteiger partial charge is 0.254 e. The number of carbonyl (C=O) groups excluding carboxylic acids is 1. The van der Waals surface area contributed by atoms with Gasteiger partial charge in [-0.05, 0) is 13.8 Å². The van der Waals surface area contributed by atoms with Gasteiger partial charge in [0.15, 0.2) is 5.60 Å². The third kappa shape index (κ3) is 2.19. The summed E-state index contributed by atoms with van der Waals surface area (Å²) in [5.41, 5.74) is -0.746. The fraction of sp³-hybridized carbons (Fsp3) is 0.889. The molecule has 0 aromatic rings. The van der Waals surface area contributed by atoms with Crippen molar-refractivity contribution in [3.05, 3.63) is 0 Å². The number of rotatable bonds is 3. The average Bonchev–Trinajstić information content (AvgIpc) is 2.51. The molecule has 1 fully saturated rings. The molecular formula is C9H17NO3. The molecule has 0 bridgehead atoms. The van der Waals surface area contributed by atoms with Crippen LogP contribution in [-0.4, -0.2) is 37.9 Å². The maximum atomic E-state index is 11.7. The maximum Gasteiger partial charge on any atom is 0.254 e. The summed E-state index contributed by atoms with van der Waals surface area (Å²) in [4.78, 5) is 11.7. The molecule has 1 saturated heterocycles. The Morgan fingerprint density at radius 2 is 2.31 bits per heavy atom. The van der Waals surface area contributed by atoms with Gasteiger partial charge in [0.05, 0.1) is 13.2 Å². The van der Waals surface area contributed by atoms with E-state index in [1.165, 1.54) is 0 Å². The second-order valence-corrected chi connectivity index (χ2v) is 3.63. The normalized spacial score (nSPS) is 28.0. The number of carbonyl (C=O) groups is 1. The lowest BCUT2D eigenvalue weighted by Crippen LogP contribution is -2.50. The van der Waals surface area contributed by atoms with Gasteiger partial charge in [0.1, 0.15) is 0 Å². The number of ether oxygens (including phenoxy) is 2. The molecule has 0 aromatic heterocycles. The van der Waals surface area contributed by atoms with Crippen molar-refractivity contribution in [2.75, 3.05) is 20.3 Å². The van der Waals surface area contributed by atoms with Gasteiger partial charge in [0.2, 0.25) is 0 Å². The number of amides is 1. The van der Waals surface area contributed by atoms with Gasteiger partial charge in [-0.25, -0.2) is 0 Å². The Balaban J connectivity index is 2.60. The van der Waals surface area contributed by atoms with E-state index in [4.69, 9.17) is 9.47 Å². The number of hydrogen-bond acceptors (Lipinski definition) is 3. The lowest BCUT2D eigenvalue weighted by Gasteiger charge is -2.25. The summed E-state index contributed by atoms with van der Waals surface area (Å²) in [6.45, 7) is 4.82. The van der Waals surface area contributed by atoms with Gasteiger partial charge >= 0.3 is 0 Å². The van der Waals surface area contributed by atoms with Crippen LogP contribution >= 0.6 is 0 Å². The van der Waals surface area contributed by atoms with Gasteiger partial charge < -0.3 is 14.8 Å². The first-order chi connectivity index (χ1) is 6.10. The molecule has 1 N–H and O–H groups in total. The zero-order chi connectivity index (χ0) is 9.90. The standard InChI is InChI=1S/C9H17NO3/c1-7(2)10-8(11)9(12-3)4-5-13-6-9/h7H,4-6H2,1-3H3,(H,10,11). The predicted octanol–water partition coefficient (Wildman–Crippen LogP) is 0.316. The van der Waals surface area contributed by atoms with Crippen molar-refractivity contribution in [2.45, 2.75) is 31.9 Å². The molecule has 1 heterocycles. The topological polar surface area (TPSA) is 47.6 Å². The summed E-state index contributed by atoms with van der Waals surface area (Å²) in [6, 6.07) is 0.139. The van der Waals surface area contributed by atoms with Gasteiger partial charge in [-0.1, -0.05) is 0 Å². The Morgan fingerprint density at radius 1 is 1.62 bits per heavy atom. The van der Waals surface area contributed by atoms with Crippen LogP contribution in [0.5, 0.6) is 0 Å². The largest absolute Gasteiger partial charge is 0.378 e. The number of nitrogens with one attached hydrogen (secondary N) is 1. The lowest BCUT2D eigenvalue weighted by molar-refractivity contribution is -0.143. The molecule has 1 aliphatic heterocycles. The third-order valence-corrected chi connectivity index (χ3v) is 2.21. The van der Waals surface area contributed by atoms with Crippen molar-refractivity contribution >= 4 is 5.91 Å². The molecule has 4 nitrogen and oxygen atoms in total. The molecule has 1 unspecified atom stereocenters. The van der Waals surface area contributed by atoms with Crippen LogP contribution in [0, 0.1) is 0 Å². The van der Waals surface area contributed by atoms with Crippen molar-refractivity contribution in [2.24, 2.45) is 0 Å². The number of methoxy groups -OCH3 is 1. The van der Waals surface area contributed by atoms with Gasteiger partial charge in [0.25, 0.3) is 5.91 Å². The summed E-state index contributed by atoms with van der Waals surface area (Å²) in [5, 5.41) is 2.83. The summed E-state index contributed by atoms with van der Waals surface area (Å²) < 4.78 is 10.4. The minimum atomic E-state index is -0.746. The molecule has 1 rings (SSSR count). The fourth-order valence-electron chi connectivity index (χ4n) is 1.37. The zero-order valence-electron chi connectivity index (χ0n) is 8.42. The Bertz CT molecular complexity index is 185. The minimum Gasteiger partial charge on any atom is -0.378 e. The van der Waals surface area contributed by atoms with Crippen molar-refractivity contribution < 1.29 is 14.3 Å². The van der Waals surface area contributed by atoms with Crippen LogP contribution in [0.15, 0.2) is 0 Å². The highest BCUT2D eigenvalue weighted by Gasteiger charge is 2.42.